The van der Waals surface area contributed by atoms with E-state index in [4.69, 9.17) is 0 Å². The molecule has 3 aromatic heterocycles. The van der Waals surface area contributed by atoms with Crippen LogP contribution in [0, 0.1) is 6.92 Å². The van der Waals surface area contributed by atoms with Crippen LogP contribution in [0.4, 0.5) is 11.6 Å². The quantitative estimate of drug-likeness (QED) is 0.763. The van der Waals surface area contributed by atoms with Gasteiger partial charge in [-0.2, -0.15) is 0 Å². The lowest BCUT2D eigenvalue weighted by molar-refractivity contribution is 0.0720. The molecule has 1 N–H and O–H groups in total. The van der Waals surface area contributed by atoms with Gasteiger partial charge in [-0.05, 0) is 38.0 Å². The second-order valence-electron chi connectivity index (χ2n) is 6.31. The largest absolute Gasteiger partial charge is 0.327 e. The van der Waals surface area contributed by atoms with E-state index in [2.05, 4.69) is 30.2 Å². The Hall–Kier alpha value is -3.42. The van der Waals surface area contributed by atoms with Crippen LogP contribution < -0.4 is 5.32 Å². The first kappa shape index (κ1) is 17.0. The molecule has 136 valence electrons. The van der Waals surface area contributed by atoms with Crippen LogP contribution >= 0.6 is 0 Å². The van der Waals surface area contributed by atoms with Crippen molar-refractivity contribution in [2.24, 2.45) is 0 Å². The average Bonchev–Trinajstić information content (AvgIpc) is 3.18. The number of hydrogen-bond acceptors (Lipinski definition) is 7. The first-order valence-electron chi connectivity index (χ1n) is 8.82. The number of carbonyl (C=O) groups excluding carboxylic acids is 1. The minimum absolute atomic E-state index is 0.178. The van der Waals surface area contributed by atoms with Gasteiger partial charge in [-0.3, -0.25) is 9.78 Å². The number of likely N-dealkylation sites (tertiary alicyclic amines) is 1. The molecule has 3 aromatic rings. The predicted octanol–water partition coefficient (Wildman–Crippen LogP) is 2.69. The van der Waals surface area contributed by atoms with E-state index in [1.54, 1.807) is 35.8 Å². The maximum atomic E-state index is 12.9. The van der Waals surface area contributed by atoms with Gasteiger partial charge in [-0.15, -0.1) is 0 Å². The SMILES string of the molecule is Cc1cccc(Nc2nccnc2C2CCCN2C(=O)c2ncccn2)n1. The Morgan fingerprint density at radius 2 is 1.89 bits per heavy atom. The molecule has 4 rings (SSSR count). The Morgan fingerprint density at radius 3 is 2.70 bits per heavy atom. The van der Waals surface area contributed by atoms with Crippen molar-refractivity contribution in [2.45, 2.75) is 25.8 Å². The van der Waals surface area contributed by atoms with Crippen LogP contribution in [0.1, 0.15) is 40.9 Å². The second-order valence-corrected chi connectivity index (χ2v) is 6.31. The lowest BCUT2D eigenvalue weighted by Crippen LogP contribution is -2.32. The summed E-state index contributed by atoms with van der Waals surface area (Å²) in [5, 5.41) is 3.24. The summed E-state index contributed by atoms with van der Waals surface area (Å²) < 4.78 is 0. The Morgan fingerprint density at radius 1 is 1.07 bits per heavy atom. The molecule has 1 atom stereocenters. The van der Waals surface area contributed by atoms with E-state index >= 15 is 0 Å². The summed E-state index contributed by atoms with van der Waals surface area (Å²) in [6.45, 7) is 2.57. The summed E-state index contributed by atoms with van der Waals surface area (Å²) in [5.74, 6) is 1.31. The van der Waals surface area contributed by atoms with E-state index < -0.39 is 0 Å². The number of aromatic nitrogens is 5. The minimum atomic E-state index is -0.191. The lowest BCUT2D eigenvalue weighted by Gasteiger charge is -2.24. The number of nitrogens with zero attached hydrogens (tertiary/aromatic N) is 6. The summed E-state index contributed by atoms with van der Waals surface area (Å²) >= 11 is 0. The molecule has 0 bridgehead atoms. The number of nitrogens with one attached hydrogen (secondary N) is 1. The fourth-order valence-electron chi connectivity index (χ4n) is 3.25. The molecule has 1 aliphatic heterocycles. The fraction of sp³-hybridized carbons (Fsp3) is 0.263. The van der Waals surface area contributed by atoms with Gasteiger partial charge in [-0.1, -0.05) is 6.07 Å². The monoisotopic (exact) mass is 361 g/mol. The standard InChI is InChI=1S/C19H19N7O/c1-13-5-2-7-15(24-13)25-17-16(20-10-11-23-17)14-6-3-12-26(14)19(27)18-21-8-4-9-22-18/h2,4-5,7-11,14H,3,6,12H2,1H3,(H,23,24,25). The van der Waals surface area contributed by atoms with E-state index in [0.29, 0.717) is 18.2 Å². The van der Waals surface area contributed by atoms with Gasteiger partial charge in [0.2, 0.25) is 5.82 Å². The zero-order valence-electron chi connectivity index (χ0n) is 14.9. The third kappa shape index (κ3) is 3.59. The number of carbonyl (C=O) groups is 1. The van der Waals surface area contributed by atoms with Gasteiger partial charge in [0.05, 0.1) is 6.04 Å². The number of hydrogen-bond donors (Lipinski definition) is 1. The van der Waals surface area contributed by atoms with Crippen LogP contribution in [0.3, 0.4) is 0 Å². The van der Waals surface area contributed by atoms with Crippen molar-refractivity contribution in [1.82, 2.24) is 29.8 Å². The molecular formula is C19H19N7O. The smallest absolute Gasteiger partial charge is 0.292 e. The van der Waals surface area contributed by atoms with Gasteiger partial charge in [0.15, 0.2) is 5.82 Å². The lowest BCUT2D eigenvalue weighted by atomic mass is 10.1. The highest BCUT2D eigenvalue weighted by Crippen LogP contribution is 2.35. The van der Waals surface area contributed by atoms with E-state index in [9.17, 15) is 4.79 Å². The molecule has 8 heteroatoms. The maximum Gasteiger partial charge on any atom is 0.292 e. The van der Waals surface area contributed by atoms with Crippen molar-refractivity contribution in [3.63, 3.8) is 0 Å². The van der Waals surface area contributed by atoms with Gasteiger partial charge in [0, 0.05) is 37.0 Å². The first-order valence-corrected chi connectivity index (χ1v) is 8.82. The van der Waals surface area contributed by atoms with Crippen molar-refractivity contribution in [3.05, 3.63) is 66.3 Å². The van der Waals surface area contributed by atoms with E-state index in [0.717, 1.165) is 24.2 Å². The Bertz CT molecular complexity index is 948. The third-order valence-corrected chi connectivity index (χ3v) is 4.45. The molecule has 1 unspecified atom stereocenters. The highest BCUT2D eigenvalue weighted by Gasteiger charge is 2.34. The van der Waals surface area contributed by atoms with Crippen LogP contribution in [-0.2, 0) is 0 Å². The number of rotatable bonds is 4. The fourth-order valence-corrected chi connectivity index (χ4v) is 3.25. The summed E-state index contributed by atoms with van der Waals surface area (Å²) in [7, 11) is 0. The molecule has 27 heavy (non-hydrogen) atoms. The first-order chi connectivity index (χ1) is 13.2. The normalized spacial score (nSPS) is 16.3. The molecular weight excluding hydrogens is 342 g/mol. The van der Waals surface area contributed by atoms with Crippen LogP contribution in [0.15, 0.2) is 49.1 Å². The molecule has 8 nitrogen and oxygen atoms in total. The molecule has 4 heterocycles. The van der Waals surface area contributed by atoms with Gasteiger partial charge in [-0.25, -0.2) is 19.9 Å². The van der Waals surface area contributed by atoms with E-state index in [-0.39, 0.29) is 17.8 Å². The molecule has 1 amide bonds. The maximum absolute atomic E-state index is 12.9. The minimum Gasteiger partial charge on any atom is -0.327 e. The van der Waals surface area contributed by atoms with Crippen LogP contribution in [0.25, 0.3) is 0 Å². The molecule has 0 spiro atoms. The highest BCUT2D eigenvalue weighted by molar-refractivity contribution is 5.91. The molecule has 1 fully saturated rings. The third-order valence-electron chi connectivity index (χ3n) is 4.45. The summed E-state index contributed by atoms with van der Waals surface area (Å²) in [6.07, 6.45) is 8.12. The molecule has 0 radical (unpaired) electrons. The Labute approximate surface area is 156 Å². The highest BCUT2D eigenvalue weighted by atomic mass is 16.2. The van der Waals surface area contributed by atoms with Crippen molar-refractivity contribution in [3.8, 4) is 0 Å². The van der Waals surface area contributed by atoms with Crippen molar-refractivity contribution < 1.29 is 4.79 Å². The zero-order valence-corrected chi connectivity index (χ0v) is 14.9. The zero-order chi connectivity index (χ0) is 18.6. The summed E-state index contributed by atoms with van der Waals surface area (Å²) in [6, 6.07) is 7.25. The Kier molecular flexibility index (Phi) is 4.69. The van der Waals surface area contributed by atoms with Crippen molar-refractivity contribution >= 4 is 17.5 Å². The number of anilines is 2. The van der Waals surface area contributed by atoms with Crippen LogP contribution in [0.5, 0.6) is 0 Å². The molecule has 1 saturated heterocycles. The Balaban J connectivity index is 1.63. The van der Waals surface area contributed by atoms with Crippen LogP contribution in [0.2, 0.25) is 0 Å². The molecule has 0 saturated carbocycles. The van der Waals surface area contributed by atoms with Crippen molar-refractivity contribution in [1.29, 1.82) is 0 Å². The van der Waals surface area contributed by atoms with Gasteiger partial charge in [0.1, 0.15) is 11.5 Å². The number of amides is 1. The predicted molar refractivity (Wildman–Crippen MR) is 99.3 cm³/mol. The summed E-state index contributed by atoms with van der Waals surface area (Å²) in [5.41, 5.74) is 1.63. The van der Waals surface area contributed by atoms with Crippen LogP contribution in [-0.4, -0.2) is 42.3 Å². The van der Waals surface area contributed by atoms with E-state index in [1.807, 2.05) is 25.1 Å². The average molecular weight is 361 g/mol. The molecule has 1 aliphatic rings. The summed E-state index contributed by atoms with van der Waals surface area (Å²) in [4.78, 5) is 36.2. The number of pyridine rings is 1. The topological polar surface area (TPSA) is 96.8 Å². The van der Waals surface area contributed by atoms with E-state index in [1.165, 1.54) is 0 Å². The molecule has 0 aliphatic carbocycles. The van der Waals surface area contributed by atoms with Gasteiger partial charge >= 0.3 is 0 Å². The second kappa shape index (κ2) is 7.45. The molecule has 0 aromatic carbocycles. The van der Waals surface area contributed by atoms with Crippen molar-refractivity contribution in [2.75, 3.05) is 11.9 Å². The van der Waals surface area contributed by atoms with Gasteiger partial charge in [0.25, 0.3) is 5.91 Å². The van der Waals surface area contributed by atoms with Gasteiger partial charge < -0.3 is 10.2 Å². The number of aryl methyl sites for hydroxylation is 1.